The van der Waals surface area contributed by atoms with E-state index >= 15 is 0 Å². The van der Waals surface area contributed by atoms with Crippen LogP contribution in [0.25, 0.3) is 6.08 Å². The quantitative estimate of drug-likeness (QED) is 0.612. The van der Waals surface area contributed by atoms with E-state index in [0.29, 0.717) is 5.69 Å². The number of hydrogen-bond acceptors (Lipinski definition) is 3. The van der Waals surface area contributed by atoms with Crippen molar-refractivity contribution in [3.63, 3.8) is 0 Å². The highest BCUT2D eigenvalue weighted by Crippen LogP contribution is 2.08. The van der Waals surface area contributed by atoms with Crippen molar-refractivity contribution < 1.29 is 4.79 Å². The topological polar surface area (TPSA) is 49.6 Å². The average Bonchev–Trinajstić information content (AvgIpc) is 2.41. The van der Waals surface area contributed by atoms with Gasteiger partial charge in [-0.2, -0.15) is 0 Å². The normalized spacial score (nSPS) is 11.2. The monoisotopic (exact) mass is 275 g/mol. The lowest BCUT2D eigenvalue weighted by Crippen LogP contribution is -2.31. The van der Waals surface area contributed by atoms with Crippen LogP contribution < -0.4 is 5.73 Å². The average molecular weight is 275 g/mol. The maximum absolute atomic E-state index is 12.1. The number of amides is 1. The van der Waals surface area contributed by atoms with Crippen molar-refractivity contribution >= 4 is 17.7 Å². The molecule has 1 amide bonds. The molecule has 0 heterocycles. The number of nitrogens with two attached hydrogens (primary N) is 1. The summed E-state index contributed by atoms with van der Waals surface area (Å²) in [7, 11) is 4.08. The third-order valence-corrected chi connectivity index (χ3v) is 3.06. The molecule has 0 bridgehead atoms. The number of carbonyl (C=O) groups excluding carboxylic acids is 1. The molecule has 0 aliphatic carbocycles. The first-order valence-electron chi connectivity index (χ1n) is 7.00. The molecule has 20 heavy (non-hydrogen) atoms. The molecule has 1 aromatic carbocycles. The van der Waals surface area contributed by atoms with Gasteiger partial charge in [0.25, 0.3) is 0 Å². The highest BCUT2D eigenvalue weighted by molar-refractivity contribution is 5.91. The lowest BCUT2D eigenvalue weighted by Gasteiger charge is -2.20. The molecule has 0 spiro atoms. The van der Waals surface area contributed by atoms with Crippen molar-refractivity contribution in [3.05, 3.63) is 35.9 Å². The lowest BCUT2D eigenvalue weighted by atomic mass is 10.2. The number of nitrogen functional groups attached to an aromatic ring is 1. The van der Waals surface area contributed by atoms with Gasteiger partial charge in [-0.1, -0.05) is 12.1 Å². The van der Waals surface area contributed by atoms with Crippen molar-refractivity contribution in [2.75, 3.05) is 39.5 Å². The summed E-state index contributed by atoms with van der Waals surface area (Å²) in [6.45, 7) is 4.51. The molecule has 0 saturated heterocycles. The predicted octanol–water partition coefficient (Wildman–Crippen LogP) is 2.08. The van der Waals surface area contributed by atoms with Gasteiger partial charge in [-0.05, 0) is 57.8 Å². The fourth-order valence-electron chi connectivity index (χ4n) is 1.94. The number of nitrogens with zero attached hydrogens (tertiary/aromatic N) is 2. The van der Waals surface area contributed by atoms with Crippen LogP contribution >= 0.6 is 0 Å². The second kappa shape index (κ2) is 8.38. The van der Waals surface area contributed by atoms with Crippen LogP contribution in [-0.4, -0.2) is 49.4 Å². The van der Waals surface area contributed by atoms with E-state index in [9.17, 15) is 4.79 Å². The Balaban J connectivity index is 2.54. The van der Waals surface area contributed by atoms with Crippen LogP contribution in [0.15, 0.2) is 30.3 Å². The van der Waals surface area contributed by atoms with E-state index in [2.05, 4.69) is 4.90 Å². The molecule has 4 heteroatoms. The molecule has 0 aromatic heterocycles. The maximum Gasteiger partial charge on any atom is 0.246 e. The Morgan fingerprint density at radius 1 is 1.30 bits per heavy atom. The molecule has 0 atom stereocenters. The molecule has 1 aromatic rings. The number of hydrogen-bond donors (Lipinski definition) is 1. The zero-order valence-electron chi connectivity index (χ0n) is 12.7. The molecule has 0 radical (unpaired) electrons. The summed E-state index contributed by atoms with van der Waals surface area (Å²) in [5.41, 5.74) is 7.36. The van der Waals surface area contributed by atoms with Gasteiger partial charge in [0.1, 0.15) is 0 Å². The summed E-state index contributed by atoms with van der Waals surface area (Å²) >= 11 is 0. The Bertz CT molecular complexity index is 455. The minimum absolute atomic E-state index is 0.0497. The van der Waals surface area contributed by atoms with Crippen LogP contribution in [0.5, 0.6) is 0 Å². The first-order valence-corrected chi connectivity index (χ1v) is 7.00. The molecule has 110 valence electrons. The van der Waals surface area contributed by atoms with Crippen LogP contribution in [0.2, 0.25) is 0 Å². The van der Waals surface area contributed by atoms with Crippen molar-refractivity contribution in [2.45, 2.75) is 13.3 Å². The van der Waals surface area contributed by atoms with Gasteiger partial charge < -0.3 is 15.5 Å². The molecule has 2 N–H and O–H groups in total. The second-order valence-electron chi connectivity index (χ2n) is 5.08. The smallest absolute Gasteiger partial charge is 0.246 e. The Morgan fingerprint density at radius 2 is 2.05 bits per heavy atom. The number of rotatable bonds is 7. The molecule has 0 aliphatic heterocycles. The van der Waals surface area contributed by atoms with Gasteiger partial charge in [-0.15, -0.1) is 0 Å². The van der Waals surface area contributed by atoms with E-state index in [1.807, 2.05) is 56.3 Å². The first kappa shape index (κ1) is 16.2. The maximum atomic E-state index is 12.1. The van der Waals surface area contributed by atoms with Crippen LogP contribution in [-0.2, 0) is 4.79 Å². The van der Waals surface area contributed by atoms with Gasteiger partial charge >= 0.3 is 0 Å². The molecule has 1 rings (SSSR count). The molecule has 4 nitrogen and oxygen atoms in total. The fourth-order valence-corrected chi connectivity index (χ4v) is 1.94. The number of benzene rings is 1. The van der Waals surface area contributed by atoms with Gasteiger partial charge in [0.15, 0.2) is 0 Å². The van der Waals surface area contributed by atoms with E-state index in [1.165, 1.54) is 0 Å². The Labute approximate surface area is 121 Å². The van der Waals surface area contributed by atoms with Crippen LogP contribution in [0.4, 0.5) is 5.69 Å². The predicted molar refractivity (Wildman–Crippen MR) is 85.3 cm³/mol. The standard InChI is InChI=1S/C16H25N3O/c1-4-19(12-6-11-18(2)3)16(20)10-9-14-7-5-8-15(17)13-14/h5,7-10,13H,4,6,11-12,17H2,1-3H3/b10-9+. The zero-order valence-corrected chi connectivity index (χ0v) is 12.7. The van der Waals surface area contributed by atoms with E-state index in [4.69, 9.17) is 5.73 Å². The highest BCUT2D eigenvalue weighted by Gasteiger charge is 2.07. The molecular formula is C16H25N3O. The van der Waals surface area contributed by atoms with Crippen LogP contribution in [0.1, 0.15) is 18.9 Å². The number of anilines is 1. The summed E-state index contributed by atoms with van der Waals surface area (Å²) in [6, 6.07) is 7.50. The summed E-state index contributed by atoms with van der Waals surface area (Å²) < 4.78 is 0. The van der Waals surface area contributed by atoms with E-state index < -0.39 is 0 Å². The van der Waals surface area contributed by atoms with Crippen molar-refractivity contribution in [1.82, 2.24) is 9.80 Å². The zero-order chi connectivity index (χ0) is 15.0. The largest absolute Gasteiger partial charge is 0.399 e. The van der Waals surface area contributed by atoms with E-state index in [1.54, 1.807) is 6.08 Å². The van der Waals surface area contributed by atoms with E-state index in [-0.39, 0.29) is 5.91 Å². The first-order chi connectivity index (χ1) is 9.52. The molecule has 0 saturated carbocycles. The Kier molecular flexibility index (Phi) is 6.81. The van der Waals surface area contributed by atoms with Crippen molar-refractivity contribution in [3.8, 4) is 0 Å². The highest BCUT2D eigenvalue weighted by atomic mass is 16.2. The third kappa shape index (κ3) is 5.89. The van der Waals surface area contributed by atoms with E-state index in [0.717, 1.165) is 31.6 Å². The lowest BCUT2D eigenvalue weighted by molar-refractivity contribution is -0.125. The van der Waals surface area contributed by atoms with Gasteiger partial charge in [0.05, 0.1) is 0 Å². The van der Waals surface area contributed by atoms with Gasteiger partial charge in [-0.3, -0.25) is 4.79 Å². The van der Waals surface area contributed by atoms with Gasteiger partial charge in [-0.25, -0.2) is 0 Å². The minimum Gasteiger partial charge on any atom is -0.399 e. The number of carbonyl (C=O) groups is 1. The molecule has 0 aliphatic rings. The number of likely N-dealkylation sites (N-methyl/N-ethyl adjacent to an activating group) is 1. The Morgan fingerprint density at radius 3 is 2.65 bits per heavy atom. The van der Waals surface area contributed by atoms with Gasteiger partial charge in [0, 0.05) is 24.9 Å². The third-order valence-electron chi connectivity index (χ3n) is 3.06. The fraction of sp³-hybridized carbons (Fsp3) is 0.438. The SMILES string of the molecule is CCN(CCCN(C)C)C(=O)/C=C/c1cccc(N)c1. The Hall–Kier alpha value is -1.81. The summed E-state index contributed by atoms with van der Waals surface area (Å²) in [5, 5.41) is 0. The minimum atomic E-state index is 0.0497. The van der Waals surface area contributed by atoms with Gasteiger partial charge in [0.2, 0.25) is 5.91 Å². The molecule has 0 fully saturated rings. The summed E-state index contributed by atoms with van der Waals surface area (Å²) in [5.74, 6) is 0.0497. The van der Waals surface area contributed by atoms with Crippen LogP contribution in [0, 0.1) is 0 Å². The molecule has 0 unspecified atom stereocenters. The summed E-state index contributed by atoms with van der Waals surface area (Å²) in [4.78, 5) is 16.1. The summed E-state index contributed by atoms with van der Waals surface area (Å²) in [6.07, 6.45) is 4.42. The second-order valence-corrected chi connectivity index (χ2v) is 5.08. The van der Waals surface area contributed by atoms with Crippen molar-refractivity contribution in [2.24, 2.45) is 0 Å². The van der Waals surface area contributed by atoms with Crippen molar-refractivity contribution in [1.29, 1.82) is 0 Å². The van der Waals surface area contributed by atoms with Crippen LogP contribution in [0.3, 0.4) is 0 Å². The molecular weight excluding hydrogens is 250 g/mol.